The van der Waals surface area contributed by atoms with Gasteiger partial charge in [-0.3, -0.25) is 4.79 Å². The van der Waals surface area contributed by atoms with Crippen LogP contribution in [0.2, 0.25) is 0 Å². The third kappa shape index (κ3) is 4.53. The Kier molecular flexibility index (Phi) is 8.09. The summed E-state index contributed by atoms with van der Waals surface area (Å²) < 4.78 is 4.51. The number of nitrogens with zero attached hydrogens (tertiary/aromatic N) is 2. The largest absolute Gasteiger partial charge is 0.847 e. The number of benzene rings is 2. The van der Waals surface area contributed by atoms with Gasteiger partial charge in [-0.05, 0) is 49.3 Å². The summed E-state index contributed by atoms with van der Waals surface area (Å²) in [7, 11) is 0. The van der Waals surface area contributed by atoms with Crippen molar-refractivity contribution in [3.05, 3.63) is 117 Å². The molecule has 2 heterocycles. The average molecular weight is 535 g/mol. The maximum Gasteiger partial charge on any atom is 0.215 e. The van der Waals surface area contributed by atoms with Gasteiger partial charge in [0.1, 0.15) is 0 Å². The third-order valence-electron chi connectivity index (χ3n) is 9.03. The van der Waals surface area contributed by atoms with Gasteiger partial charge in [-0.25, -0.2) is 0 Å². The Hall–Kier alpha value is -3.50. The molecule has 2 aliphatic rings. The molecule has 4 nitrogen and oxygen atoms in total. The van der Waals surface area contributed by atoms with Crippen LogP contribution in [0, 0.1) is 6.92 Å². The minimum absolute atomic E-state index is 0.00771. The van der Waals surface area contributed by atoms with Gasteiger partial charge in [0.05, 0.1) is 11.5 Å². The summed E-state index contributed by atoms with van der Waals surface area (Å²) in [6.45, 7) is 14.3. The monoisotopic (exact) mass is 534 g/mol. The Bertz CT molecular complexity index is 1520. The molecule has 2 atom stereocenters. The Morgan fingerprint density at radius 2 is 1.35 bits per heavy atom. The molecule has 0 N–H and O–H groups in total. The van der Waals surface area contributed by atoms with Gasteiger partial charge >= 0.3 is 0 Å². The lowest BCUT2D eigenvalue weighted by Gasteiger charge is -2.44. The fourth-order valence-electron chi connectivity index (χ4n) is 7.08. The van der Waals surface area contributed by atoms with Crippen molar-refractivity contribution in [1.29, 1.82) is 0 Å². The summed E-state index contributed by atoms with van der Waals surface area (Å²) in [5, 5.41) is 14.3. The Morgan fingerprint density at radius 1 is 0.775 bits per heavy atom. The highest BCUT2D eigenvalue weighted by Gasteiger charge is 2.49. The van der Waals surface area contributed by atoms with Gasteiger partial charge in [0.15, 0.2) is 18.0 Å². The van der Waals surface area contributed by atoms with Crippen molar-refractivity contribution in [2.24, 2.45) is 0 Å². The van der Waals surface area contributed by atoms with Crippen molar-refractivity contribution >= 4 is 11.5 Å². The van der Waals surface area contributed by atoms with E-state index in [1.54, 1.807) is 0 Å². The second kappa shape index (κ2) is 11.5. The highest BCUT2D eigenvalue weighted by Crippen LogP contribution is 2.46. The second-order valence-electron chi connectivity index (χ2n) is 11.1. The van der Waals surface area contributed by atoms with Crippen molar-refractivity contribution in [3.63, 3.8) is 0 Å². The molecular formula is C36H42N2O2. The molecule has 1 aromatic heterocycles. The summed E-state index contributed by atoms with van der Waals surface area (Å²) >= 11 is 0. The minimum atomic E-state index is -1.08. The number of rotatable bonds is 9. The highest BCUT2D eigenvalue weighted by atomic mass is 16.3. The maximum atomic E-state index is 14.3. The van der Waals surface area contributed by atoms with E-state index in [2.05, 4.69) is 75.0 Å². The first kappa shape index (κ1) is 28.0. The standard InChI is InChI=1S/C36H42N2O2/c1-7-27-23(5)37(21-25-17-13-11-14-18-25)33(29(27)9-3)31-35(39)32(36(31)40)34-30(10-4)28(8-2)24(6)38(34)22-26-19-15-12-16-20-26/h11-20,31,35H,7-10,21-22H2,1-6H3/b34-32-. The first-order valence-electron chi connectivity index (χ1n) is 14.9. The van der Waals surface area contributed by atoms with Crippen molar-refractivity contribution in [2.75, 3.05) is 0 Å². The zero-order chi connectivity index (χ0) is 28.6. The van der Waals surface area contributed by atoms with E-state index in [4.69, 9.17) is 0 Å². The van der Waals surface area contributed by atoms with Crippen LogP contribution in [-0.4, -0.2) is 26.7 Å². The van der Waals surface area contributed by atoms with E-state index in [0.29, 0.717) is 18.7 Å². The molecule has 1 aliphatic heterocycles. The van der Waals surface area contributed by atoms with Gasteiger partial charge in [0.25, 0.3) is 0 Å². The van der Waals surface area contributed by atoms with Crippen LogP contribution >= 0.6 is 0 Å². The molecule has 2 unspecified atom stereocenters. The van der Waals surface area contributed by atoms with Crippen LogP contribution in [-0.2, 0) is 30.7 Å². The zero-order valence-corrected chi connectivity index (χ0v) is 24.9. The number of carbonyl (C=O) groups excluding carboxylic acids is 1. The van der Waals surface area contributed by atoms with E-state index in [1.165, 1.54) is 44.8 Å². The van der Waals surface area contributed by atoms with Crippen LogP contribution in [0.1, 0.15) is 87.0 Å². The van der Waals surface area contributed by atoms with Crippen molar-refractivity contribution in [1.82, 2.24) is 4.57 Å². The van der Waals surface area contributed by atoms with Crippen molar-refractivity contribution in [2.45, 2.75) is 92.3 Å². The summed E-state index contributed by atoms with van der Waals surface area (Å²) in [5.41, 5.74) is 11.9. The molecule has 40 heavy (non-hydrogen) atoms. The Morgan fingerprint density at radius 3 is 1.88 bits per heavy atom. The van der Waals surface area contributed by atoms with E-state index in [9.17, 15) is 9.90 Å². The molecule has 3 aromatic rings. The zero-order valence-electron chi connectivity index (χ0n) is 24.9. The molecule has 2 aromatic carbocycles. The predicted octanol–water partition coefficient (Wildman–Crippen LogP) is 6.42. The molecule has 1 saturated carbocycles. The SMILES string of the molecule is CCC1=C(CC)/C(=C2/C(=O)C(c3c(CC)c(CC)c(C)n3Cc3ccccc3)C2[O-])[N+](Cc2ccccc2)=C1C. The predicted molar refractivity (Wildman–Crippen MR) is 161 cm³/mol. The van der Waals surface area contributed by atoms with Crippen LogP contribution in [0.25, 0.3) is 0 Å². The molecule has 0 spiro atoms. The van der Waals surface area contributed by atoms with Gasteiger partial charge in [0.2, 0.25) is 5.70 Å². The van der Waals surface area contributed by atoms with Gasteiger partial charge in [0, 0.05) is 41.6 Å². The number of hydrogen-bond acceptors (Lipinski definition) is 2. The molecule has 1 fully saturated rings. The first-order chi connectivity index (χ1) is 19.4. The van der Waals surface area contributed by atoms with E-state index in [-0.39, 0.29) is 5.78 Å². The summed E-state index contributed by atoms with van der Waals surface area (Å²) in [6, 6.07) is 20.7. The summed E-state index contributed by atoms with van der Waals surface area (Å²) in [5.74, 6) is -0.642. The normalized spacial score (nSPS) is 21.0. The maximum absolute atomic E-state index is 14.3. The number of hydrogen-bond donors (Lipinski definition) is 0. The summed E-state index contributed by atoms with van der Waals surface area (Å²) in [4.78, 5) is 14.3. The minimum Gasteiger partial charge on any atom is -0.847 e. The van der Waals surface area contributed by atoms with Crippen LogP contribution in [0.5, 0.6) is 0 Å². The average Bonchev–Trinajstić information content (AvgIpc) is 3.38. The molecular weight excluding hydrogens is 492 g/mol. The number of aromatic nitrogens is 1. The van der Waals surface area contributed by atoms with E-state index in [0.717, 1.165) is 37.1 Å². The number of Topliss-reactive ketones (excluding diaryl/α,β-unsaturated/α-hetero) is 1. The fourth-order valence-corrected chi connectivity index (χ4v) is 7.08. The quantitative estimate of drug-likeness (QED) is 0.235. The van der Waals surface area contributed by atoms with Crippen LogP contribution in [0.3, 0.4) is 0 Å². The molecule has 0 amide bonds. The molecule has 5 rings (SSSR count). The lowest BCUT2D eigenvalue weighted by molar-refractivity contribution is -0.492. The fraction of sp³-hybridized carbons (Fsp3) is 0.389. The topological polar surface area (TPSA) is 48.1 Å². The number of carbonyl (C=O) groups is 1. The van der Waals surface area contributed by atoms with E-state index < -0.39 is 12.0 Å². The van der Waals surface area contributed by atoms with Crippen molar-refractivity contribution < 1.29 is 14.5 Å². The molecule has 0 radical (unpaired) electrons. The summed E-state index contributed by atoms with van der Waals surface area (Å²) in [6.07, 6.45) is 2.32. The first-order valence-corrected chi connectivity index (χ1v) is 14.9. The Balaban J connectivity index is 1.63. The third-order valence-corrected chi connectivity index (χ3v) is 9.03. The van der Waals surface area contributed by atoms with Crippen LogP contribution in [0.4, 0.5) is 0 Å². The van der Waals surface area contributed by atoms with Crippen LogP contribution < -0.4 is 5.11 Å². The van der Waals surface area contributed by atoms with Gasteiger partial charge in [-0.2, -0.15) is 4.58 Å². The number of ketones is 1. The molecule has 208 valence electrons. The Labute approximate surface area is 239 Å². The molecule has 1 aliphatic carbocycles. The van der Waals surface area contributed by atoms with Crippen molar-refractivity contribution in [3.8, 4) is 0 Å². The highest BCUT2D eigenvalue weighted by molar-refractivity contribution is 6.11. The number of allylic oxidation sites excluding steroid dienone is 2. The van der Waals surface area contributed by atoms with Gasteiger partial charge in [-0.15, -0.1) is 0 Å². The lowest BCUT2D eigenvalue weighted by Crippen LogP contribution is -2.53. The van der Waals surface area contributed by atoms with Gasteiger partial charge in [-0.1, -0.05) is 94.5 Å². The second-order valence-corrected chi connectivity index (χ2v) is 11.1. The van der Waals surface area contributed by atoms with Gasteiger partial charge < -0.3 is 9.67 Å². The van der Waals surface area contributed by atoms with E-state index in [1.807, 2.05) is 36.4 Å². The molecule has 4 heteroatoms. The molecule has 0 bridgehead atoms. The smallest absolute Gasteiger partial charge is 0.215 e. The molecule has 0 saturated heterocycles. The lowest BCUT2D eigenvalue weighted by atomic mass is 9.70. The van der Waals surface area contributed by atoms with E-state index >= 15 is 0 Å². The van der Waals surface area contributed by atoms with Crippen LogP contribution in [0.15, 0.2) is 83.1 Å².